The maximum atomic E-state index is 12.7. The number of fused-ring (bicyclic) bond motifs is 1. The summed E-state index contributed by atoms with van der Waals surface area (Å²) in [5.74, 6) is -0.112. The van der Waals surface area contributed by atoms with E-state index in [-0.39, 0.29) is 16.3 Å². The number of aromatic nitrogens is 1. The van der Waals surface area contributed by atoms with Crippen LogP contribution in [0.1, 0.15) is 41.5 Å². The quantitative estimate of drug-likeness (QED) is 0.701. The molecule has 1 aromatic carbocycles. The number of nitrogens with zero attached hydrogens (tertiary/aromatic N) is 2. The van der Waals surface area contributed by atoms with E-state index in [4.69, 9.17) is 4.42 Å². The van der Waals surface area contributed by atoms with Gasteiger partial charge in [-0.1, -0.05) is 25.6 Å². The van der Waals surface area contributed by atoms with Crippen molar-refractivity contribution in [3.05, 3.63) is 18.2 Å². The molecule has 0 unspecified atom stereocenters. The van der Waals surface area contributed by atoms with Crippen molar-refractivity contribution in [1.29, 1.82) is 0 Å². The molecule has 7 nitrogen and oxygen atoms in total. The lowest BCUT2D eigenvalue weighted by Crippen LogP contribution is -2.44. The lowest BCUT2D eigenvalue weighted by molar-refractivity contribution is -0.121. The van der Waals surface area contributed by atoms with Crippen molar-refractivity contribution in [1.82, 2.24) is 14.6 Å². The van der Waals surface area contributed by atoms with Gasteiger partial charge in [0.25, 0.3) is 5.22 Å². The number of amides is 1. The predicted octanol–water partition coefficient (Wildman–Crippen LogP) is 3.25. The van der Waals surface area contributed by atoms with Crippen molar-refractivity contribution in [2.45, 2.75) is 62.4 Å². The molecule has 0 aliphatic carbocycles. The molecule has 0 saturated carbocycles. The summed E-state index contributed by atoms with van der Waals surface area (Å²) in [6.07, 6.45) is 0. The van der Waals surface area contributed by atoms with Crippen LogP contribution in [0.2, 0.25) is 0 Å². The molecule has 150 valence electrons. The molecule has 9 heteroatoms. The monoisotopic (exact) mass is 413 g/mol. The van der Waals surface area contributed by atoms with E-state index in [0.29, 0.717) is 29.4 Å². The number of carbonyl (C=O) groups is 1. The van der Waals surface area contributed by atoms with Gasteiger partial charge >= 0.3 is 0 Å². The first-order chi connectivity index (χ1) is 12.5. The van der Waals surface area contributed by atoms with E-state index in [9.17, 15) is 13.2 Å². The van der Waals surface area contributed by atoms with Gasteiger partial charge in [-0.25, -0.2) is 13.4 Å². The zero-order valence-corrected chi connectivity index (χ0v) is 18.2. The number of carbonyl (C=O) groups excluding carboxylic acids is 1. The lowest BCUT2D eigenvalue weighted by Gasteiger charge is -2.22. The van der Waals surface area contributed by atoms with Gasteiger partial charge in [-0.3, -0.25) is 4.79 Å². The molecule has 0 saturated heterocycles. The van der Waals surface area contributed by atoms with Crippen LogP contribution in [0.15, 0.2) is 32.7 Å². The lowest BCUT2D eigenvalue weighted by atomic mass is 10.1. The van der Waals surface area contributed by atoms with E-state index in [1.807, 2.05) is 20.8 Å². The van der Waals surface area contributed by atoms with Crippen molar-refractivity contribution >= 4 is 38.8 Å². The second-order valence-electron chi connectivity index (χ2n) is 7.20. The van der Waals surface area contributed by atoms with Crippen LogP contribution in [-0.2, 0) is 14.8 Å². The fourth-order valence-electron chi connectivity index (χ4n) is 2.49. The van der Waals surface area contributed by atoms with E-state index in [1.165, 1.54) is 28.2 Å². The highest BCUT2D eigenvalue weighted by molar-refractivity contribution is 8.00. The van der Waals surface area contributed by atoms with Gasteiger partial charge in [-0.05, 0) is 45.9 Å². The van der Waals surface area contributed by atoms with Crippen molar-refractivity contribution in [2.24, 2.45) is 0 Å². The zero-order valence-electron chi connectivity index (χ0n) is 16.6. The number of hydrogen-bond donors (Lipinski definition) is 1. The molecule has 0 aliphatic rings. The van der Waals surface area contributed by atoms with E-state index < -0.39 is 15.3 Å². The summed E-state index contributed by atoms with van der Waals surface area (Å²) in [6, 6.07) is 4.63. The number of oxazole rings is 1. The Morgan fingerprint density at radius 3 is 2.48 bits per heavy atom. The Bertz CT molecular complexity index is 912. The minimum absolute atomic E-state index is 0.112. The molecule has 0 spiro atoms. The minimum atomic E-state index is -3.56. The van der Waals surface area contributed by atoms with Crippen LogP contribution in [0.5, 0.6) is 0 Å². The average Bonchev–Trinajstić information content (AvgIpc) is 2.95. The van der Waals surface area contributed by atoms with Gasteiger partial charge in [0, 0.05) is 18.6 Å². The van der Waals surface area contributed by atoms with Crippen LogP contribution in [0, 0.1) is 0 Å². The fraction of sp³-hybridized carbons (Fsp3) is 0.556. The molecule has 0 radical (unpaired) electrons. The maximum Gasteiger partial charge on any atom is 0.257 e. The molecule has 1 atom stereocenters. The van der Waals surface area contributed by atoms with Crippen LogP contribution in [0.25, 0.3) is 11.1 Å². The third-order valence-electron chi connectivity index (χ3n) is 3.83. The van der Waals surface area contributed by atoms with E-state index in [2.05, 4.69) is 10.3 Å². The molecule has 0 aliphatic heterocycles. The van der Waals surface area contributed by atoms with E-state index in [0.717, 1.165) is 0 Å². The van der Waals surface area contributed by atoms with Crippen molar-refractivity contribution < 1.29 is 17.6 Å². The van der Waals surface area contributed by atoms with Gasteiger partial charge in [0.15, 0.2) is 5.58 Å². The SMILES string of the molecule is CCN(CC)S(=O)(=O)c1ccc2oc(S[C@@H](C)C(=O)NC(C)(C)C)nc2c1. The summed E-state index contributed by atoms with van der Waals surface area (Å²) < 4.78 is 32.4. The standard InChI is InChI=1S/C18H27N3O4S2/c1-7-21(8-2)27(23,24)13-9-10-15-14(11-13)19-17(25-15)26-12(3)16(22)20-18(4,5)6/h9-12H,7-8H2,1-6H3,(H,20,22)/t12-/m0/s1. The van der Waals surface area contributed by atoms with Gasteiger partial charge in [0.2, 0.25) is 15.9 Å². The Labute approximate surface area is 164 Å². The van der Waals surface area contributed by atoms with Crippen molar-refractivity contribution in [2.75, 3.05) is 13.1 Å². The first-order valence-corrected chi connectivity index (χ1v) is 11.2. The first kappa shape index (κ1) is 21.7. The first-order valence-electron chi connectivity index (χ1n) is 8.87. The van der Waals surface area contributed by atoms with Crippen LogP contribution in [0.4, 0.5) is 0 Å². The van der Waals surface area contributed by atoms with Gasteiger partial charge in [0.05, 0.1) is 10.1 Å². The Hall–Kier alpha value is -1.58. The summed E-state index contributed by atoms with van der Waals surface area (Å²) >= 11 is 1.20. The Morgan fingerprint density at radius 1 is 1.30 bits per heavy atom. The molecule has 2 aromatic rings. The molecule has 27 heavy (non-hydrogen) atoms. The maximum absolute atomic E-state index is 12.7. The number of nitrogens with one attached hydrogen (secondary N) is 1. The van der Waals surface area contributed by atoms with Crippen LogP contribution < -0.4 is 5.32 Å². The molecule has 1 N–H and O–H groups in total. The van der Waals surface area contributed by atoms with Crippen molar-refractivity contribution in [3.8, 4) is 0 Å². The smallest absolute Gasteiger partial charge is 0.257 e. The van der Waals surface area contributed by atoms with Crippen LogP contribution in [0.3, 0.4) is 0 Å². The largest absolute Gasteiger partial charge is 0.431 e. The van der Waals surface area contributed by atoms with Gasteiger partial charge in [0.1, 0.15) is 5.52 Å². The number of benzene rings is 1. The van der Waals surface area contributed by atoms with Gasteiger partial charge in [-0.15, -0.1) is 0 Å². The summed E-state index contributed by atoms with van der Waals surface area (Å²) in [7, 11) is -3.56. The third kappa shape index (κ3) is 5.24. The topological polar surface area (TPSA) is 92.5 Å². The number of thioether (sulfide) groups is 1. The molecule has 1 amide bonds. The summed E-state index contributed by atoms with van der Waals surface area (Å²) in [4.78, 5) is 16.8. The highest BCUT2D eigenvalue weighted by Crippen LogP contribution is 2.29. The van der Waals surface area contributed by atoms with Crippen LogP contribution >= 0.6 is 11.8 Å². The number of rotatable bonds is 7. The van der Waals surface area contributed by atoms with Crippen LogP contribution in [-0.4, -0.2) is 47.5 Å². The van der Waals surface area contributed by atoms with E-state index in [1.54, 1.807) is 26.8 Å². The predicted molar refractivity (Wildman–Crippen MR) is 107 cm³/mol. The second-order valence-corrected chi connectivity index (χ2v) is 10.4. The Morgan fingerprint density at radius 2 is 1.93 bits per heavy atom. The van der Waals surface area contributed by atoms with Gasteiger partial charge < -0.3 is 9.73 Å². The Balaban J connectivity index is 2.24. The molecular weight excluding hydrogens is 386 g/mol. The molecule has 2 rings (SSSR count). The minimum Gasteiger partial charge on any atom is -0.431 e. The number of sulfonamides is 1. The Kier molecular flexibility index (Phi) is 6.59. The summed E-state index contributed by atoms with van der Waals surface area (Å²) in [6.45, 7) is 11.9. The fourth-order valence-corrected chi connectivity index (χ4v) is 4.72. The molecule has 0 fully saturated rings. The summed E-state index contributed by atoms with van der Waals surface area (Å²) in [5.41, 5.74) is 0.620. The molecular formula is C18H27N3O4S2. The second kappa shape index (κ2) is 8.20. The number of hydrogen-bond acceptors (Lipinski definition) is 6. The van der Waals surface area contributed by atoms with Crippen molar-refractivity contribution in [3.63, 3.8) is 0 Å². The molecule has 1 heterocycles. The molecule has 0 bridgehead atoms. The molecule has 1 aromatic heterocycles. The highest BCUT2D eigenvalue weighted by atomic mass is 32.2. The van der Waals surface area contributed by atoms with E-state index >= 15 is 0 Å². The highest BCUT2D eigenvalue weighted by Gasteiger charge is 2.24. The normalized spacial score (nSPS) is 13.9. The summed E-state index contributed by atoms with van der Waals surface area (Å²) in [5, 5.41) is 2.85. The zero-order chi connectivity index (χ0) is 20.4. The van der Waals surface area contributed by atoms with Gasteiger partial charge in [-0.2, -0.15) is 4.31 Å². The third-order valence-corrected chi connectivity index (χ3v) is 6.82. The average molecular weight is 414 g/mol.